The number of aryl methyl sites for hydroxylation is 2. The van der Waals surface area contributed by atoms with Gasteiger partial charge in [0.15, 0.2) is 5.96 Å². The Hall–Kier alpha value is -0.440. The Bertz CT molecular complexity index is 418. The lowest BCUT2D eigenvalue weighted by Gasteiger charge is -2.11. The molecule has 2 N–H and O–H groups in total. The molecular formula is C15H29IN4OS. The first kappa shape index (κ1) is 21.6. The van der Waals surface area contributed by atoms with Crippen molar-refractivity contribution < 1.29 is 4.52 Å². The largest absolute Gasteiger partial charge is 0.361 e. The summed E-state index contributed by atoms with van der Waals surface area (Å²) in [6, 6.07) is 0. The van der Waals surface area contributed by atoms with Crippen molar-refractivity contribution >= 4 is 41.7 Å². The minimum Gasteiger partial charge on any atom is -0.361 e. The Kier molecular flexibility index (Phi) is 12.8. The number of guanidine groups is 1. The number of nitrogens with one attached hydrogen (secondary N) is 2. The molecule has 0 bridgehead atoms. The fraction of sp³-hybridized carbons (Fsp3) is 0.733. The molecule has 0 saturated carbocycles. The smallest absolute Gasteiger partial charge is 0.190 e. The van der Waals surface area contributed by atoms with Gasteiger partial charge in [-0.3, -0.25) is 4.99 Å². The molecule has 0 amide bonds. The maximum atomic E-state index is 5.17. The molecule has 1 heterocycles. The topological polar surface area (TPSA) is 62.5 Å². The number of nitrogens with zero attached hydrogens (tertiary/aromatic N) is 2. The van der Waals surface area contributed by atoms with Gasteiger partial charge in [-0.1, -0.05) is 5.16 Å². The van der Waals surface area contributed by atoms with Gasteiger partial charge in [0, 0.05) is 25.7 Å². The van der Waals surface area contributed by atoms with Gasteiger partial charge in [-0.25, -0.2) is 0 Å². The van der Waals surface area contributed by atoms with Gasteiger partial charge in [0.2, 0.25) is 0 Å². The van der Waals surface area contributed by atoms with Crippen molar-refractivity contribution in [1.29, 1.82) is 0 Å². The highest BCUT2D eigenvalue weighted by Gasteiger charge is 2.08. The van der Waals surface area contributed by atoms with E-state index in [2.05, 4.69) is 27.0 Å². The minimum atomic E-state index is 0. The SMILES string of the molecule is CN=C(NCCCCSC)NCCCc1c(C)noc1C.I. The quantitative estimate of drug-likeness (QED) is 0.267. The van der Waals surface area contributed by atoms with Crippen molar-refractivity contribution in [2.45, 2.75) is 39.5 Å². The number of rotatable bonds is 9. The number of hydrogen-bond acceptors (Lipinski definition) is 4. The summed E-state index contributed by atoms with van der Waals surface area (Å²) in [5, 5.41) is 10.7. The summed E-state index contributed by atoms with van der Waals surface area (Å²) in [5.41, 5.74) is 2.24. The monoisotopic (exact) mass is 440 g/mol. The zero-order valence-corrected chi connectivity index (χ0v) is 17.2. The standard InChI is InChI=1S/C15H28N4OS.HI/c1-12-14(13(2)20-19-12)8-7-10-18-15(16-3)17-9-5-6-11-21-4;/h5-11H2,1-4H3,(H2,16,17,18);1H. The zero-order chi connectivity index (χ0) is 15.5. The Balaban J connectivity index is 0.00000441. The van der Waals surface area contributed by atoms with E-state index in [1.807, 2.05) is 32.7 Å². The summed E-state index contributed by atoms with van der Waals surface area (Å²) >= 11 is 1.90. The number of aliphatic imine (C=N–C) groups is 1. The van der Waals surface area contributed by atoms with Gasteiger partial charge in [-0.15, -0.1) is 24.0 Å². The summed E-state index contributed by atoms with van der Waals surface area (Å²) in [5.74, 6) is 3.05. The fourth-order valence-electron chi connectivity index (χ4n) is 2.13. The second kappa shape index (κ2) is 13.0. The molecule has 0 aliphatic heterocycles. The van der Waals surface area contributed by atoms with E-state index in [1.165, 1.54) is 24.2 Å². The van der Waals surface area contributed by atoms with E-state index in [9.17, 15) is 0 Å². The predicted octanol–water partition coefficient (Wildman–Crippen LogP) is 3.15. The first-order valence-corrected chi connectivity index (χ1v) is 8.93. The van der Waals surface area contributed by atoms with Crippen LogP contribution in [0.15, 0.2) is 9.52 Å². The van der Waals surface area contributed by atoms with Gasteiger partial charge >= 0.3 is 0 Å². The molecule has 5 nitrogen and oxygen atoms in total. The van der Waals surface area contributed by atoms with Crippen molar-refractivity contribution in [1.82, 2.24) is 15.8 Å². The van der Waals surface area contributed by atoms with Gasteiger partial charge in [-0.05, 0) is 51.5 Å². The minimum absolute atomic E-state index is 0. The van der Waals surface area contributed by atoms with Gasteiger partial charge in [-0.2, -0.15) is 11.8 Å². The molecule has 0 spiro atoms. The number of halogens is 1. The summed E-state index contributed by atoms with van der Waals surface area (Å²) in [6.45, 7) is 5.84. The van der Waals surface area contributed by atoms with Crippen LogP contribution in [0, 0.1) is 13.8 Å². The number of aromatic nitrogens is 1. The molecule has 0 unspecified atom stereocenters. The Morgan fingerprint density at radius 1 is 1.18 bits per heavy atom. The van der Waals surface area contributed by atoms with E-state index in [0.29, 0.717) is 0 Å². The van der Waals surface area contributed by atoms with Crippen LogP contribution < -0.4 is 10.6 Å². The molecular weight excluding hydrogens is 411 g/mol. The van der Waals surface area contributed by atoms with Gasteiger partial charge in [0.1, 0.15) is 5.76 Å². The van der Waals surface area contributed by atoms with Crippen LogP contribution in [0.1, 0.15) is 36.3 Å². The van der Waals surface area contributed by atoms with Crippen LogP contribution in [-0.4, -0.2) is 43.3 Å². The molecule has 0 atom stereocenters. The molecule has 1 aromatic heterocycles. The molecule has 1 rings (SSSR count). The van der Waals surface area contributed by atoms with E-state index in [4.69, 9.17) is 4.52 Å². The molecule has 22 heavy (non-hydrogen) atoms. The summed E-state index contributed by atoms with van der Waals surface area (Å²) in [6.07, 6.45) is 6.60. The van der Waals surface area contributed by atoms with Crippen molar-refractivity contribution in [3.63, 3.8) is 0 Å². The van der Waals surface area contributed by atoms with Crippen LogP contribution in [0.2, 0.25) is 0 Å². The third-order valence-corrected chi connectivity index (χ3v) is 4.07. The van der Waals surface area contributed by atoms with Crippen LogP contribution in [0.25, 0.3) is 0 Å². The third kappa shape index (κ3) is 8.26. The van der Waals surface area contributed by atoms with Gasteiger partial charge in [0.05, 0.1) is 5.69 Å². The molecule has 1 aromatic rings. The fourth-order valence-corrected chi connectivity index (χ4v) is 2.62. The van der Waals surface area contributed by atoms with E-state index in [1.54, 1.807) is 0 Å². The van der Waals surface area contributed by atoms with Crippen LogP contribution in [-0.2, 0) is 6.42 Å². The zero-order valence-electron chi connectivity index (χ0n) is 14.1. The second-order valence-electron chi connectivity index (χ2n) is 5.03. The van der Waals surface area contributed by atoms with Crippen LogP contribution >= 0.6 is 35.7 Å². The van der Waals surface area contributed by atoms with Crippen LogP contribution in [0.4, 0.5) is 0 Å². The third-order valence-electron chi connectivity index (χ3n) is 3.37. The summed E-state index contributed by atoms with van der Waals surface area (Å²) in [7, 11) is 1.81. The molecule has 0 aliphatic carbocycles. The molecule has 0 fully saturated rings. The highest BCUT2D eigenvalue weighted by Crippen LogP contribution is 2.13. The number of unbranched alkanes of at least 4 members (excludes halogenated alkanes) is 1. The second-order valence-corrected chi connectivity index (χ2v) is 6.02. The molecule has 0 saturated heterocycles. The molecule has 0 aliphatic rings. The Morgan fingerprint density at radius 2 is 1.86 bits per heavy atom. The van der Waals surface area contributed by atoms with Crippen molar-refractivity contribution in [2.75, 3.05) is 32.1 Å². The van der Waals surface area contributed by atoms with Crippen LogP contribution in [0.5, 0.6) is 0 Å². The average molecular weight is 440 g/mol. The number of hydrogen-bond donors (Lipinski definition) is 2. The van der Waals surface area contributed by atoms with E-state index < -0.39 is 0 Å². The first-order valence-electron chi connectivity index (χ1n) is 7.54. The Labute approximate surface area is 155 Å². The van der Waals surface area contributed by atoms with E-state index in [0.717, 1.165) is 43.3 Å². The lowest BCUT2D eigenvalue weighted by Crippen LogP contribution is -2.38. The summed E-state index contributed by atoms with van der Waals surface area (Å²) in [4.78, 5) is 4.23. The average Bonchev–Trinajstić information content (AvgIpc) is 2.80. The number of thioether (sulfide) groups is 1. The summed E-state index contributed by atoms with van der Waals surface area (Å²) < 4.78 is 5.17. The maximum absolute atomic E-state index is 5.17. The van der Waals surface area contributed by atoms with Crippen molar-refractivity contribution in [3.8, 4) is 0 Å². The van der Waals surface area contributed by atoms with Crippen molar-refractivity contribution in [2.24, 2.45) is 4.99 Å². The first-order chi connectivity index (χ1) is 10.2. The predicted molar refractivity (Wildman–Crippen MR) is 107 cm³/mol. The van der Waals surface area contributed by atoms with E-state index >= 15 is 0 Å². The molecule has 0 aromatic carbocycles. The lowest BCUT2D eigenvalue weighted by atomic mass is 10.1. The van der Waals surface area contributed by atoms with Gasteiger partial charge in [0.25, 0.3) is 0 Å². The Morgan fingerprint density at radius 3 is 2.41 bits per heavy atom. The highest BCUT2D eigenvalue weighted by atomic mass is 127. The van der Waals surface area contributed by atoms with E-state index in [-0.39, 0.29) is 24.0 Å². The normalized spacial score (nSPS) is 11.2. The molecule has 7 heteroatoms. The molecule has 128 valence electrons. The van der Waals surface area contributed by atoms with Crippen molar-refractivity contribution in [3.05, 3.63) is 17.0 Å². The molecule has 0 radical (unpaired) electrons. The maximum Gasteiger partial charge on any atom is 0.190 e. The van der Waals surface area contributed by atoms with Gasteiger partial charge < -0.3 is 15.2 Å². The highest BCUT2D eigenvalue weighted by molar-refractivity contribution is 14.0. The van der Waals surface area contributed by atoms with Crippen LogP contribution in [0.3, 0.4) is 0 Å². The lowest BCUT2D eigenvalue weighted by molar-refractivity contribution is 0.392.